The Bertz CT molecular complexity index is 4220. The molecule has 0 radical (unpaired) electrons. The molecule has 12 saturated carbocycles. The molecular formula is C100H120N2. The Morgan fingerprint density at radius 3 is 0.873 bits per heavy atom. The summed E-state index contributed by atoms with van der Waals surface area (Å²) in [5, 5.41) is 5.35. The van der Waals surface area contributed by atoms with Gasteiger partial charge in [-0.1, -0.05) is 200 Å². The number of fused-ring (bicyclic) bond motifs is 22. The minimum absolute atomic E-state index is 0.0946. The van der Waals surface area contributed by atoms with Crippen LogP contribution < -0.4 is 9.80 Å². The molecule has 8 bridgehead atoms. The lowest BCUT2D eigenvalue weighted by Crippen LogP contribution is -2.26. The first-order valence-electron chi connectivity index (χ1n) is 42.3. The molecule has 0 amide bonds. The van der Waals surface area contributed by atoms with E-state index in [1.54, 1.807) is 22.3 Å². The minimum atomic E-state index is -0.0946. The van der Waals surface area contributed by atoms with Crippen LogP contribution in [0.1, 0.15) is 280 Å². The molecule has 12 aliphatic carbocycles. The van der Waals surface area contributed by atoms with E-state index in [1.807, 2.05) is 0 Å². The second-order valence-electron chi connectivity index (χ2n) is 41.3. The van der Waals surface area contributed by atoms with Gasteiger partial charge in [-0.05, 0) is 353 Å². The summed E-state index contributed by atoms with van der Waals surface area (Å²) in [6, 6.07) is 62.1. The van der Waals surface area contributed by atoms with E-state index in [0.717, 1.165) is 94.7 Å². The number of anilines is 6. The van der Waals surface area contributed by atoms with E-state index >= 15 is 0 Å². The molecule has 530 valence electrons. The smallest absolute Gasteiger partial charge is 0.0620 e. The average molecular weight is 1350 g/mol. The molecule has 8 aromatic rings. The Labute approximate surface area is 614 Å². The third-order valence-corrected chi connectivity index (χ3v) is 32.2. The average Bonchev–Trinajstić information content (AvgIpc) is 1.16. The van der Waals surface area contributed by atoms with Gasteiger partial charge in [0.1, 0.15) is 0 Å². The van der Waals surface area contributed by atoms with Crippen molar-refractivity contribution < 1.29 is 0 Å². The number of nitrogens with zero attached hydrogens (tertiary/aromatic N) is 2. The Kier molecular flexibility index (Phi) is 15.2. The van der Waals surface area contributed by atoms with E-state index in [0.29, 0.717) is 23.7 Å². The summed E-state index contributed by atoms with van der Waals surface area (Å²) in [4.78, 5) is 5.85. The predicted molar refractivity (Wildman–Crippen MR) is 430 cm³/mol. The van der Waals surface area contributed by atoms with Gasteiger partial charge in [0.15, 0.2) is 0 Å². The molecule has 0 N–H and O–H groups in total. The number of hydrogen-bond donors (Lipinski definition) is 0. The Morgan fingerprint density at radius 2 is 0.539 bits per heavy atom. The molecule has 8 aromatic carbocycles. The fourth-order valence-corrected chi connectivity index (χ4v) is 27.7. The monoisotopic (exact) mass is 1350 g/mol. The van der Waals surface area contributed by atoms with Crippen LogP contribution in [0.15, 0.2) is 146 Å². The zero-order valence-corrected chi connectivity index (χ0v) is 64.4. The quantitative estimate of drug-likeness (QED) is 0.0941. The lowest BCUT2D eigenvalue weighted by Gasteiger charge is -2.38. The first-order chi connectivity index (χ1) is 49.0. The lowest BCUT2D eigenvalue weighted by molar-refractivity contribution is 0.229. The van der Waals surface area contributed by atoms with Crippen molar-refractivity contribution >= 4 is 55.7 Å². The summed E-state index contributed by atoms with van der Waals surface area (Å²) >= 11 is 0. The van der Waals surface area contributed by atoms with Crippen molar-refractivity contribution in [1.82, 2.24) is 0 Å². The maximum absolute atomic E-state index is 3.05. The molecule has 0 spiro atoms. The lowest BCUT2D eigenvalue weighted by atomic mass is 9.70. The van der Waals surface area contributed by atoms with Gasteiger partial charge in [0.25, 0.3) is 0 Å². The largest absolute Gasteiger partial charge is 0.309 e. The summed E-state index contributed by atoms with van der Waals surface area (Å²) in [7, 11) is 0. The molecule has 20 rings (SSSR count). The van der Waals surface area contributed by atoms with Gasteiger partial charge in [-0.25, -0.2) is 0 Å². The Hall–Kier alpha value is -6.12. The summed E-state index contributed by atoms with van der Waals surface area (Å²) in [5.41, 5.74) is 22.6. The van der Waals surface area contributed by atoms with E-state index in [2.05, 4.69) is 238 Å². The molecular weight excluding hydrogens is 1230 g/mol. The summed E-state index contributed by atoms with van der Waals surface area (Å²) in [5.74, 6) is 16.9. The topological polar surface area (TPSA) is 6.48 Å². The van der Waals surface area contributed by atoms with E-state index in [1.165, 1.54) is 217 Å². The van der Waals surface area contributed by atoms with Crippen LogP contribution in [-0.4, -0.2) is 0 Å². The van der Waals surface area contributed by atoms with Crippen LogP contribution in [0.4, 0.5) is 34.1 Å². The van der Waals surface area contributed by atoms with Crippen molar-refractivity contribution in [2.75, 3.05) is 9.80 Å². The molecule has 0 aliphatic heterocycles. The third-order valence-electron chi connectivity index (χ3n) is 32.2. The molecule has 0 saturated heterocycles. The zero-order valence-electron chi connectivity index (χ0n) is 64.4. The van der Waals surface area contributed by atoms with Crippen molar-refractivity contribution in [3.05, 3.63) is 190 Å². The Balaban J connectivity index is 0.897. The van der Waals surface area contributed by atoms with Gasteiger partial charge in [0.05, 0.1) is 11.4 Å². The molecule has 20 atom stereocenters. The van der Waals surface area contributed by atoms with Crippen molar-refractivity contribution in [2.24, 2.45) is 94.7 Å². The molecule has 2 nitrogen and oxygen atoms in total. The van der Waals surface area contributed by atoms with Gasteiger partial charge in [0, 0.05) is 44.3 Å². The highest BCUT2D eigenvalue weighted by atomic mass is 15.2. The Morgan fingerprint density at radius 1 is 0.245 bits per heavy atom. The minimum Gasteiger partial charge on any atom is -0.309 e. The molecule has 102 heavy (non-hydrogen) atoms. The van der Waals surface area contributed by atoms with E-state index < -0.39 is 0 Å². The van der Waals surface area contributed by atoms with E-state index in [-0.39, 0.29) is 21.7 Å². The van der Waals surface area contributed by atoms with E-state index in [4.69, 9.17) is 0 Å². The van der Waals surface area contributed by atoms with Crippen LogP contribution in [0.3, 0.4) is 0 Å². The first kappa shape index (κ1) is 65.4. The highest BCUT2D eigenvalue weighted by molar-refractivity contribution is 6.24. The molecule has 20 unspecified atom stereocenters. The highest BCUT2D eigenvalue weighted by Crippen LogP contribution is 2.70. The first-order valence-corrected chi connectivity index (χ1v) is 42.3. The standard InChI is InChI=1S/C100H120N2/c1-97(2,3)67-51-68(98(4,5)6)54-73(53-67)102(74-55-69(99(7,8)9)52-70(56-74)100(10,11)12)96-84-25-17-16-24-83(84)95(85-35-34-58(42-94(85)96)57-22-14-13-15-23-57)101(71-38-59(86-43-63-47-90(86)79-30-18-26-75(63)79)36-60(39-71)87-44-64-48-91(87)80-31-19-27-76(64)80)72-40-61(88-45-65-49-92(88)81-32-20-28-77(65)81)37-62(41-72)89-46-66-50-93(89)82-33-21-29-78(66)82/h13-17,22-25,34-42,51-56,63-66,75-82,86-93H,18-21,26-33,43-50H2,1-12H3. The fraction of sp³-hybridized carbons (Fsp3) is 0.560. The van der Waals surface area contributed by atoms with Crippen molar-refractivity contribution in [1.29, 1.82) is 0 Å². The summed E-state index contributed by atoms with van der Waals surface area (Å²) in [6.45, 7) is 29.2. The van der Waals surface area contributed by atoms with E-state index in [9.17, 15) is 0 Å². The molecule has 0 aromatic heterocycles. The zero-order chi connectivity index (χ0) is 69.4. The predicted octanol–water partition coefficient (Wildman–Crippen LogP) is 27.9. The van der Waals surface area contributed by atoms with Crippen molar-refractivity contribution in [3.8, 4) is 11.1 Å². The maximum atomic E-state index is 3.05. The van der Waals surface area contributed by atoms with Crippen LogP contribution >= 0.6 is 0 Å². The van der Waals surface area contributed by atoms with Gasteiger partial charge >= 0.3 is 0 Å². The number of benzene rings is 8. The second kappa shape index (κ2) is 23.7. The molecule has 12 fully saturated rings. The third kappa shape index (κ3) is 10.5. The van der Waals surface area contributed by atoms with Crippen LogP contribution in [0, 0.1) is 94.7 Å². The van der Waals surface area contributed by atoms with Crippen molar-refractivity contribution in [2.45, 2.75) is 257 Å². The summed E-state index contributed by atoms with van der Waals surface area (Å²) in [6.07, 6.45) is 29.0. The van der Waals surface area contributed by atoms with Crippen LogP contribution in [-0.2, 0) is 21.7 Å². The molecule has 2 heteroatoms. The van der Waals surface area contributed by atoms with Gasteiger partial charge < -0.3 is 9.80 Å². The summed E-state index contributed by atoms with van der Waals surface area (Å²) < 4.78 is 0. The van der Waals surface area contributed by atoms with Gasteiger partial charge in [-0.3, -0.25) is 0 Å². The second-order valence-corrected chi connectivity index (χ2v) is 41.3. The SMILES string of the molecule is CC(C)(C)c1cc(N(c2cc(C(C)(C)C)cc(C(C)(C)C)c2)c2c3ccccc3c(N(c3cc(C4CC5CC4C4CCCC54)cc(C4CC5CC4C4CCCC54)c3)c3cc(C4CC5CC4C4CCCC54)cc(C4CC5CC4C4CCCC54)c3)c3ccc(-c4ccccc4)cc23)cc(C(C)(C)C)c1. The van der Waals surface area contributed by atoms with Crippen LogP contribution in [0.25, 0.3) is 32.7 Å². The maximum Gasteiger partial charge on any atom is 0.0620 e. The van der Waals surface area contributed by atoms with Gasteiger partial charge in [-0.15, -0.1) is 0 Å². The molecule has 12 aliphatic rings. The number of hydrogen-bond acceptors (Lipinski definition) is 2. The van der Waals surface area contributed by atoms with Crippen LogP contribution in [0.5, 0.6) is 0 Å². The highest BCUT2D eigenvalue weighted by Gasteiger charge is 2.59. The van der Waals surface area contributed by atoms with Gasteiger partial charge in [-0.2, -0.15) is 0 Å². The molecule has 0 heterocycles. The fourth-order valence-electron chi connectivity index (χ4n) is 27.7. The number of rotatable bonds is 11. The van der Waals surface area contributed by atoms with Gasteiger partial charge in [0.2, 0.25) is 0 Å². The van der Waals surface area contributed by atoms with Crippen molar-refractivity contribution in [3.63, 3.8) is 0 Å². The normalized spacial score (nSPS) is 33.9. The van der Waals surface area contributed by atoms with Crippen LogP contribution in [0.2, 0.25) is 0 Å².